The average molecular weight is 419 g/mol. The minimum Gasteiger partial charge on any atom is -0.384 e. The summed E-state index contributed by atoms with van der Waals surface area (Å²) in [5.41, 5.74) is 7.09. The summed E-state index contributed by atoms with van der Waals surface area (Å²) in [7, 11) is 0. The second kappa shape index (κ2) is 9.40. The Morgan fingerprint density at radius 3 is 2.22 bits per heavy atom. The minimum absolute atomic E-state index is 0.350. The zero-order valence-corrected chi connectivity index (χ0v) is 17.8. The Hall–Kier alpha value is -4.05. The Balaban J connectivity index is 1.32. The van der Waals surface area contributed by atoms with Crippen LogP contribution >= 0.6 is 0 Å². The first-order chi connectivity index (χ1) is 15.8. The molecule has 0 fully saturated rings. The number of hydrogen-bond donors (Lipinski definition) is 3. The van der Waals surface area contributed by atoms with Crippen molar-refractivity contribution in [2.45, 2.75) is 12.3 Å². The molecule has 0 amide bonds. The highest BCUT2D eigenvalue weighted by atomic mass is 14.9. The van der Waals surface area contributed by atoms with E-state index in [1.807, 2.05) is 12.1 Å². The Bertz CT molecular complexity index is 1260. The molecule has 158 valence electrons. The van der Waals surface area contributed by atoms with Gasteiger partial charge in [0.2, 0.25) is 0 Å². The summed E-state index contributed by atoms with van der Waals surface area (Å²) in [5.74, 6) is 0.350. The number of fused-ring (bicyclic) bond motifs is 1. The van der Waals surface area contributed by atoms with Crippen molar-refractivity contribution < 1.29 is 0 Å². The van der Waals surface area contributed by atoms with E-state index in [0.717, 1.165) is 30.0 Å². The summed E-state index contributed by atoms with van der Waals surface area (Å²) in [6.45, 7) is 0.855. The maximum Gasteiger partial charge on any atom is 0.0456 e. The Kier molecular flexibility index (Phi) is 5.84. The molecule has 0 bridgehead atoms. The van der Waals surface area contributed by atoms with Gasteiger partial charge in [-0.15, -0.1) is 0 Å². The van der Waals surface area contributed by atoms with Crippen LogP contribution in [-0.4, -0.2) is 16.5 Å². The number of pyridine rings is 1. The lowest BCUT2D eigenvalue weighted by Gasteiger charge is -2.19. The summed E-state index contributed by atoms with van der Waals surface area (Å²) in [6, 6.07) is 31.6. The minimum atomic E-state index is 0.350. The maximum atomic E-state index is 4.06. The van der Waals surface area contributed by atoms with Crippen molar-refractivity contribution in [3.63, 3.8) is 0 Å². The molecule has 0 spiro atoms. The summed E-state index contributed by atoms with van der Waals surface area (Å²) in [4.78, 5) is 7.50. The van der Waals surface area contributed by atoms with Crippen LogP contribution in [0, 0.1) is 0 Å². The number of benzene rings is 3. The molecule has 0 radical (unpaired) electrons. The van der Waals surface area contributed by atoms with Crippen LogP contribution in [0.2, 0.25) is 0 Å². The zero-order valence-electron chi connectivity index (χ0n) is 17.8. The van der Waals surface area contributed by atoms with Gasteiger partial charge in [0.25, 0.3) is 0 Å². The van der Waals surface area contributed by atoms with Crippen LogP contribution in [-0.2, 0) is 6.42 Å². The summed E-state index contributed by atoms with van der Waals surface area (Å²) >= 11 is 0. The Morgan fingerprint density at radius 1 is 0.719 bits per heavy atom. The Morgan fingerprint density at radius 2 is 1.41 bits per heavy atom. The first kappa shape index (κ1) is 19.9. The van der Waals surface area contributed by atoms with E-state index in [0.29, 0.717) is 5.92 Å². The molecular weight excluding hydrogens is 392 g/mol. The summed E-state index contributed by atoms with van der Waals surface area (Å²) in [6.07, 6.45) is 6.73. The molecule has 3 N–H and O–H groups in total. The molecule has 32 heavy (non-hydrogen) atoms. The highest BCUT2D eigenvalue weighted by Crippen LogP contribution is 2.29. The van der Waals surface area contributed by atoms with Crippen LogP contribution in [0.4, 0.5) is 17.1 Å². The first-order valence-electron chi connectivity index (χ1n) is 11.0. The second-order valence-corrected chi connectivity index (χ2v) is 8.00. The topological polar surface area (TPSA) is 52.7 Å². The number of hydrogen-bond acceptors (Lipinski definition) is 3. The molecule has 4 nitrogen and oxygen atoms in total. The Labute approximate surface area is 188 Å². The second-order valence-electron chi connectivity index (χ2n) is 8.00. The van der Waals surface area contributed by atoms with Gasteiger partial charge in [-0.3, -0.25) is 4.98 Å². The van der Waals surface area contributed by atoms with Crippen molar-refractivity contribution in [3.8, 4) is 0 Å². The molecule has 2 aromatic heterocycles. The number of aromatic nitrogens is 2. The fourth-order valence-electron chi connectivity index (χ4n) is 4.14. The van der Waals surface area contributed by atoms with Gasteiger partial charge < -0.3 is 15.6 Å². The maximum absolute atomic E-state index is 4.06. The molecule has 0 aliphatic rings. The van der Waals surface area contributed by atoms with Gasteiger partial charge in [0.05, 0.1) is 0 Å². The largest absolute Gasteiger partial charge is 0.384 e. The van der Waals surface area contributed by atoms with Gasteiger partial charge in [-0.2, -0.15) is 0 Å². The number of H-pyrrole nitrogens is 1. The van der Waals surface area contributed by atoms with Crippen LogP contribution < -0.4 is 10.6 Å². The molecular formula is C28H26N4. The lowest BCUT2D eigenvalue weighted by atomic mass is 9.91. The number of para-hydroxylation sites is 1. The van der Waals surface area contributed by atoms with Gasteiger partial charge in [0, 0.05) is 59.0 Å². The van der Waals surface area contributed by atoms with E-state index in [2.05, 4.69) is 106 Å². The standard InChI is InChI=1S/C28H26N4/c1-2-6-21(7-3-1)18-22(27-20-31-28-9-5-4-8-26(27)28)19-30-23-10-12-24(13-11-23)32-25-14-16-29-17-15-25/h1-17,20,22,30-31H,18-19H2,(H,29,32). The van der Waals surface area contributed by atoms with E-state index < -0.39 is 0 Å². The molecule has 0 aliphatic heterocycles. The molecule has 0 aliphatic carbocycles. The van der Waals surface area contributed by atoms with Gasteiger partial charge in [-0.1, -0.05) is 48.5 Å². The van der Waals surface area contributed by atoms with Crippen molar-refractivity contribution in [1.82, 2.24) is 9.97 Å². The predicted molar refractivity (Wildman–Crippen MR) is 134 cm³/mol. The molecule has 1 unspecified atom stereocenters. The molecule has 2 heterocycles. The average Bonchev–Trinajstić information content (AvgIpc) is 3.28. The van der Waals surface area contributed by atoms with Crippen molar-refractivity contribution >= 4 is 28.0 Å². The van der Waals surface area contributed by atoms with Crippen molar-refractivity contribution in [2.24, 2.45) is 0 Å². The molecule has 0 saturated carbocycles. The number of aromatic amines is 1. The van der Waals surface area contributed by atoms with Crippen LogP contribution in [0.1, 0.15) is 17.0 Å². The first-order valence-corrected chi connectivity index (χ1v) is 11.0. The van der Waals surface area contributed by atoms with Crippen LogP contribution in [0.5, 0.6) is 0 Å². The lowest BCUT2D eigenvalue weighted by molar-refractivity contribution is 0.722. The normalized spacial score (nSPS) is 11.9. The van der Waals surface area contributed by atoms with Crippen LogP contribution in [0.25, 0.3) is 10.9 Å². The monoisotopic (exact) mass is 418 g/mol. The van der Waals surface area contributed by atoms with E-state index in [1.54, 1.807) is 12.4 Å². The third-order valence-electron chi connectivity index (χ3n) is 5.79. The molecule has 5 rings (SSSR count). The number of nitrogens with one attached hydrogen (secondary N) is 3. The predicted octanol–water partition coefficient (Wildman–Crippen LogP) is 6.74. The highest BCUT2D eigenvalue weighted by molar-refractivity contribution is 5.83. The van der Waals surface area contributed by atoms with E-state index >= 15 is 0 Å². The van der Waals surface area contributed by atoms with Crippen LogP contribution in [0.15, 0.2) is 110 Å². The van der Waals surface area contributed by atoms with Gasteiger partial charge >= 0.3 is 0 Å². The fourth-order valence-corrected chi connectivity index (χ4v) is 4.14. The quantitative estimate of drug-likeness (QED) is 0.261. The zero-order chi connectivity index (χ0) is 21.6. The summed E-state index contributed by atoms with van der Waals surface area (Å²) < 4.78 is 0. The van der Waals surface area contributed by atoms with Crippen molar-refractivity contribution in [1.29, 1.82) is 0 Å². The van der Waals surface area contributed by atoms with E-state index in [4.69, 9.17) is 0 Å². The SMILES string of the molecule is c1ccc(CC(CNc2ccc(Nc3ccncc3)cc2)c2c[nH]c3ccccc23)cc1. The number of anilines is 3. The van der Waals surface area contributed by atoms with Crippen LogP contribution in [0.3, 0.4) is 0 Å². The molecule has 5 aromatic rings. The molecule has 0 saturated heterocycles. The molecule has 4 heteroatoms. The molecule has 3 aromatic carbocycles. The fraction of sp³-hybridized carbons (Fsp3) is 0.107. The highest BCUT2D eigenvalue weighted by Gasteiger charge is 2.16. The van der Waals surface area contributed by atoms with Gasteiger partial charge in [0.15, 0.2) is 0 Å². The number of rotatable bonds is 8. The number of nitrogens with zero attached hydrogens (tertiary/aromatic N) is 1. The van der Waals surface area contributed by atoms with Gasteiger partial charge in [0.1, 0.15) is 0 Å². The van der Waals surface area contributed by atoms with E-state index in [9.17, 15) is 0 Å². The third-order valence-corrected chi connectivity index (χ3v) is 5.79. The van der Waals surface area contributed by atoms with Gasteiger partial charge in [-0.25, -0.2) is 0 Å². The summed E-state index contributed by atoms with van der Waals surface area (Å²) in [5, 5.41) is 8.35. The van der Waals surface area contributed by atoms with E-state index in [-0.39, 0.29) is 0 Å². The van der Waals surface area contributed by atoms with Gasteiger partial charge in [-0.05, 0) is 60.0 Å². The smallest absolute Gasteiger partial charge is 0.0456 e. The molecule has 1 atom stereocenters. The van der Waals surface area contributed by atoms with E-state index in [1.165, 1.54) is 22.0 Å². The van der Waals surface area contributed by atoms with Crippen molar-refractivity contribution in [2.75, 3.05) is 17.2 Å². The lowest BCUT2D eigenvalue weighted by Crippen LogP contribution is -2.15. The van der Waals surface area contributed by atoms with Crippen molar-refractivity contribution in [3.05, 3.63) is 121 Å². The third kappa shape index (κ3) is 4.65.